The van der Waals surface area contributed by atoms with Crippen LogP contribution < -0.4 is 29.0 Å². The third-order valence-corrected chi connectivity index (χ3v) is 11.4. The number of amides is 1. The average molecular weight is 754 g/mol. The molecule has 0 saturated carbocycles. The Hall–Kier alpha value is -5.51. The molecule has 1 N–H and O–H groups in total. The van der Waals surface area contributed by atoms with Crippen LogP contribution in [-0.2, 0) is 36.9 Å². The van der Waals surface area contributed by atoms with Gasteiger partial charge in [-0.15, -0.1) is 0 Å². The summed E-state index contributed by atoms with van der Waals surface area (Å²) in [6.45, 7) is 2.83. The molecule has 56 heavy (non-hydrogen) atoms. The third kappa shape index (κ3) is 8.06. The van der Waals surface area contributed by atoms with Gasteiger partial charge in [-0.2, -0.15) is 0 Å². The van der Waals surface area contributed by atoms with Crippen molar-refractivity contribution in [3.8, 4) is 40.2 Å². The summed E-state index contributed by atoms with van der Waals surface area (Å²) in [4.78, 5) is 17.3. The van der Waals surface area contributed by atoms with Crippen LogP contribution in [0.25, 0.3) is 0 Å². The minimum absolute atomic E-state index is 0.00146. The number of fused-ring (bicyclic) bond motifs is 2. The lowest BCUT2D eigenvalue weighted by Crippen LogP contribution is -2.34. The molecular formula is C47H51N3O6. The Morgan fingerprint density at radius 1 is 0.750 bits per heavy atom. The van der Waals surface area contributed by atoms with Crippen LogP contribution in [-0.4, -0.2) is 70.3 Å². The SMILES string of the molecule is COc1cc2c3c(c1OC)Oc1ccc4c(c1)[C@H](Cc1ccc(cc1)Oc1cc(ccc1OCCCNC(=O)Cc1ccccc1)C[C@H]3N(C)CC2)N(C)CC4. The first-order chi connectivity index (χ1) is 27.4. The first kappa shape index (κ1) is 37.4. The average Bonchev–Trinajstić information content (AvgIpc) is 3.21. The Kier molecular flexibility index (Phi) is 11.2. The summed E-state index contributed by atoms with van der Waals surface area (Å²) in [5.41, 5.74) is 8.26. The van der Waals surface area contributed by atoms with Gasteiger partial charge in [-0.25, -0.2) is 0 Å². The quantitative estimate of drug-likeness (QED) is 0.151. The number of nitrogens with one attached hydrogen (secondary N) is 1. The highest BCUT2D eigenvalue weighted by Gasteiger charge is 2.34. The first-order valence-corrected chi connectivity index (χ1v) is 19.7. The molecule has 0 spiro atoms. The van der Waals surface area contributed by atoms with E-state index in [4.69, 9.17) is 23.7 Å². The lowest BCUT2D eigenvalue weighted by molar-refractivity contribution is -0.120. The Bertz CT molecular complexity index is 2170. The van der Waals surface area contributed by atoms with Crippen molar-refractivity contribution in [2.75, 3.05) is 54.6 Å². The standard InChI is InChI=1S/C47H51N3O6/c1-49-22-19-34-14-17-37-30-38(34)39(49)25-32-11-15-36(16-12-32)55-42-27-33(13-18-41(42)54-24-8-21-48-44(51)28-31-9-6-5-7-10-31)26-40-45-35(20-23-50(40)2)29-43(52-3)46(53-4)47(45)56-37/h5-7,9-18,27,29-30,39-40H,8,19-26,28H2,1-4H3,(H,48,51)/t39-,40+/m0/s1. The molecule has 5 aromatic rings. The number of hydrogen-bond donors (Lipinski definition) is 1. The molecule has 2 atom stereocenters. The van der Waals surface area contributed by atoms with Gasteiger partial charge in [-0.3, -0.25) is 14.6 Å². The fraction of sp³-hybridized carbons (Fsp3) is 0.340. The number of nitrogens with zero attached hydrogens (tertiary/aromatic N) is 2. The van der Waals surface area contributed by atoms with Gasteiger partial charge in [0.05, 0.1) is 27.2 Å². The maximum absolute atomic E-state index is 12.5. The molecule has 0 unspecified atom stereocenters. The van der Waals surface area contributed by atoms with E-state index in [9.17, 15) is 4.79 Å². The van der Waals surface area contributed by atoms with Crippen LogP contribution in [0.15, 0.2) is 97.1 Å². The second kappa shape index (κ2) is 16.7. The minimum Gasteiger partial charge on any atom is -0.493 e. The van der Waals surface area contributed by atoms with Gasteiger partial charge in [0.25, 0.3) is 0 Å². The fourth-order valence-corrected chi connectivity index (χ4v) is 8.35. The van der Waals surface area contributed by atoms with Crippen LogP contribution in [0.3, 0.4) is 0 Å². The van der Waals surface area contributed by atoms with Crippen LogP contribution in [0.1, 0.15) is 57.4 Å². The zero-order valence-corrected chi connectivity index (χ0v) is 32.8. The zero-order chi connectivity index (χ0) is 38.6. The van der Waals surface area contributed by atoms with E-state index >= 15 is 0 Å². The van der Waals surface area contributed by atoms with Crippen molar-refractivity contribution in [3.63, 3.8) is 0 Å². The molecule has 9 heteroatoms. The molecular weight excluding hydrogens is 703 g/mol. The minimum atomic E-state index is -0.0117. The second-order valence-corrected chi connectivity index (χ2v) is 15.1. The van der Waals surface area contributed by atoms with E-state index in [1.807, 2.05) is 36.4 Å². The first-order valence-electron chi connectivity index (χ1n) is 19.7. The maximum atomic E-state index is 12.5. The highest BCUT2D eigenvalue weighted by molar-refractivity contribution is 5.78. The van der Waals surface area contributed by atoms with Gasteiger partial charge in [0, 0.05) is 37.3 Å². The molecule has 0 aromatic heterocycles. The molecule has 290 valence electrons. The summed E-state index contributed by atoms with van der Waals surface area (Å²) < 4.78 is 32.0. The van der Waals surface area contributed by atoms with Crippen molar-refractivity contribution < 1.29 is 28.5 Å². The van der Waals surface area contributed by atoms with Crippen LogP contribution in [0.4, 0.5) is 0 Å². The molecule has 4 aliphatic heterocycles. The summed E-state index contributed by atoms with van der Waals surface area (Å²) in [6, 6.07) is 33.3. The fourth-order valence-electron chi connectivity index (χ4n) is 8.35. The molecule has 4 aliphatic rings. The maximum Gasteiger partial charge on any atom is 0.224 e. The van der Waals surface area contributed by atoms with E-state index in [1.165, 1.54) is 22.3 Å². The summed E-state index contributed by atoms with van der Waals surface area (Å²) in [5, 5.41) is 3.02. The van der Waals surface area contributed by atoms with Crippen molar-refractivity contribution in [1.29, 1.82) is 0 Å². The predicted molar refractivity (Wildman–Crippen MR) is 218 cm³/mol. The summed E-state index contributed by atoms with van der Waals surface area (Å²) in [7, 11) is 7.75. The van der Waals surface area contributed by atoms with Crippen molar-refractivity contribution in [2.45, 2.75) is 50.6 Å². The number of carbonyl (C=O) groups is 1. The number of methoxy groups -OCH3 is 2. The molecule has 9 rings (SSSR count). The van der Waals surface area contributed by atoms with E-state index in [0.717, 1.165) is 60.5 Å². The smallest absolute Gasteiger partial charge is 0.224 e. The van der Waals surface area contributed by atoms with Crippen molar-refractivity contribution in [2.24, 2.45) is 0 Å². The van der Waals surface area contributed by atoms with E-state index in [0.29, 0.717) is 61.2 Å². The summed E-state index contributed by atoms with van der Waals surface area (Å²) >= 11 is 0. The Morgan fingerprint density at radius 2 is 1.48 bits per heavy atom. The van der Waals surface area contributed by atoms with Gasteiger partial charge in [0.2, 0.25) is 11.7 Å². The number of ether oxygens (including phenoxy) is 5. The number of likely N-dealkylation sites (N-methyl/N-ethyl adjacent to an activating group) is 2. The monoisotopic (exact) mass is 753 g/mol. The Morgan fingerprint density at radius 3 is 2.27 bits per heavy atom. The molecule has 0 radical (unpaired) electrons. The summed E-state index contributed by atoms with van der Waals surface area (Å²) in [6.07, 6.45) is 4.43. The highest BCUT2D eigenvalue weighted by Crippen LogP contribution is 2.50. The van der Waals surface area contributed by atoms with E-state index in [1.54, 1.807) is 14.2 Å². The lowest BCUT2D eigenvalue weighted by Gasteiger charge is -2.37. The number of benzene rings is 5. The molecule has 4 heterocycles. The van der Waals surface area contributed by atoms with Crippen molar-refractivity contribution >= 4 is 5.91 Å². The number of carbonyl (C=O) groups excluding carboxylic acids is 1. The van der Waals surface area contributed by atoms with Crippen LogP contribution in [0.2, 0.25) is 0 Å². The second-order valence-electron chi connectivity index (χ2n) is 15.1. The zero-order valence-electron chi connectivity index (χ0n) is 32.8. The molecule has 5 aromatic carbocycles. The van der Waals surface area contributed by atoms with Gasteiger partial charge in [-0.1, -0.05) is 54.6 Å². The van der Waals surface area contributed by atoms with E-state index in [2.05, 4.69) is 89.9 Å². The normalized spacial score (nSPS) is 17.7. The summed E-state index contributed by atoms with van der Waals surface area (Å²) in [5.74, 6) is 4.80. The molecule has 6 bridgehead atoms. The highest BCUT2D eigenvalue weighted by atomic mass is 16.5. The third-order valence-electron chi connectivity index (χ3n) is 11.4. The van der Waals surface area contributed by atoms with Crippen LogP contribution in [0.5, 0.6) is 40.2 Å². The van der Waals surface area contributed by atoms with E-state index < -0.39 is 0 Å². The van der Waals surface area contributed by atoms with Gasteiger partial charge in [0.1, 0.15) is 11.5 Å². The van der Waals surface area contributed by atoms with Crippen LogP contribution >= 0.6 is 0 Å². The van der Waals surface area contributed by atoms with Crippen molar-refractivity contribution in [3.05, 3.63) is 136 Å². The van der Waals surface area contributed by atoms with Gasteiger partial charge < -0.3 is 29.0 Å². The number of rotatable bonds is 9. The van der Waals surface area contributed by atoms with Crippen molar-refractivity contribution in [1.82, 2.24) is 15.1 Å². The van der Waals surface area contributed by atoms with Crippen LogP contribution in [0, 0.1) is 0 Å². The molecule has 9 nitrogen and oxygen atoms in total. The number of hydrogen-bond acceptors (Lipinski definition) is 8. The molecule has 0 fully saturated rings. The predicted octanol–water partition coefficient (Wildman–Crippen LogP) is 8.27. The Balaban J connectivity index is 1.13. The molecule has 0 aliphatic carbocycles. The van der Waals surface area contributed by atoms with Gasteiger partial charge >= 0.3 is 0 Å². The molecule has 0 saturated heterocycles. The van der Waals surface area contributed by atoms with E-state index in [-0.39, 0.29) is 18.0 Å². The van der Waals surface area contributed by atoms with Gasteiger partial charge in [-0.05, 0) is 122 Å². The topological polar surface area (TPSA) is 81.7 Å². The Labute approximate surface area is 330 Å². The molecule has 1 amide bonds. The van der Waals surface area contributed by atoms with Gasteiger partial charge in [0.15, 0.2) is 23.0 Å². The lowest BCUT2D eigenvalue weighted by atomic mass is 9.87. The largest absolute Gasteiger partial charge is 0.493 e.